The second-order valence-corrected chi connectivity index (χ2v) is 8.13. The van der Waals surface area contributed by atoms with Crippen LogP contribution in [0.3, 0.4) is 0 Å². The molecule has 0 aromatic carbocycles. The summed E-state index contributed by atoms with van der Waals surface area (Å²) in [7, 11) is 0. The first-order chi connectivity index (χ1) is 13.1. The maximum Gasteiger partial charge on any atom is 0.258 e. The zero-order valence-electron chi connectivity index (χ0n) is 15.4. The van der Waals surface area contributed by atoms with E-state index in [0.717, 1.165) is 23.6 Å². The largest absolute Gasteiger partial charge is 0.468 e. The van der Waals surface area contributed by atoms with Crippen molar-refractivity contribution < 1.29 is 4.42 Å². The summed E-state index contributed by atoms with van der Waals surface area (Å²) in [6, 6.07) is 13.6. The SMILES string of the molecule is Cc1ccc2nc(CN(Cc3ccco3)Cc3ccc(C)s3)cc(=O)n2c1. The van der Waals surface area contributed by atoms with Gasteiger partial charge in [0.05, 0.1) is 18.5 Å². The van der Waals surface area contributed by atoms with Crippen LogP contribution in [0.15, 0.2) is 64.1 Å². The Hall–Kier alpha value is -2.70. The van der Waals surface area contributed by atoms with Gasteiger partial charge >= 0.3 is 0 Å². The zero-order chi connectivity index (χ0) is 18.8. The fraction of sp³-hybridized carbons (Fsp3) is 0.238. The molecule has 0 aliphatic rings. The molecule has 4 aromatic heterocycles. The number of nitrogens with zero attached hydrogens (tertiary/aromatic N) is 3. The first-order valence-corrected chi connectivity index (χ1v) is 9.67. The second-order valence-electron chi connectivity index (χ2n) is 6.76. The molecule has 4 aromatic rings. The molecule has 0 spiro atoms. The van der Waals surface area contributed by atoms with E-state index in [-0.39, 0.29) is 5.56 Å². The van der Waals surface area contributed by atoms with Gasteiger partial charge in [0.25, 0.3) is 5.56 Å². The topological polar surface area (TPSA) is 50.8 Å². The van der Waals surface area contributed by atoms with E-state index in [2.05, 4.69) is 28.9 Å². The highest BCUT2D eigenvalue weighted by atomic mass is 32.1. The van der Waals surface area contributed by atoms with E-state index in [9.17, 15) is 4.79 Å². The molecule has 5 nitrogen and oxygen atoms in total. The molecule has 0 aliphatic heterocycles. The highest BCUT2D eigenvalue weighted by molar-refractivity contribution is 7.11. The number of thiophene rings is 1. The van der Waals surface area contributed by atoms with Crippen molar-refractivity contribution in [1.82, 2.24) is 14.3 Å². The summed E-state index contributed by atoms with van der Waals surface area (Å²) in [6.45, 7) is 6.11. The number of hydrogen-bond donors (Lipinski definition) is 0. The van der Waals surface area contributed by atoms with Crippen molar-refractivity contribution in [2.45, 2.75) is 33.5 Å². The number of fused-ring (bicyclic) bond motifs is 1. The van der Waals surface area contributed by atoms with Crippen LogP contribution in [0.5, 0.6) is 0 Å². The van der Waals surface area contributed by atoms with Gasteiger partial charge in [-0.05, 0) is 49.7 Å². The molecular formula is C21H21N3O2S. The lowest BCUT2D eigenvalue weighted by Crippen LogP contribution is -2.24. The molecular weight excluding hydrogens is 358 g/mol. The Morgan fingerprint density at radius 2 is 2.00 bits per heavy atom. The van der Waals surface area contributed by atoms with Crippen LogP contribution in [-0.2, 0) is 19.6 Å². The van der Waals surface area contributed by atoms with Gasteiger partial charge in [-0.25, -0.2) is 4.98 Å². The van der Waals surface area contributed by atoms with Gasteiger partial charge in [-0.3, -0.25) is 14.1 Å². The number of aryl methyl sites for hydroxylation is 2. The van der Waals surface area contributed by atoms with Crippen LogP contribution in [-0.4, -0.2) is 14.3 Å². The van der Waals surface area contributed by atoms with E-state index in [1.807, 2.05) is 37.4 Å². The maximum absolute atomic E-state index is 12.5. The number of hydrogen-bond acceptors (Lipinski definition) is 5. The summed E-state index contributed by atoms with van der Waals surface area (Å²) >= 11 is 1.79. The summed E-state index contributed by atoms with van der Waals surface area (Å²) in [5, 5.41) is 0. The van der Waals surface area contributed by atoms with Crippen molar-refractivity contribution in [2.24, 2.45) is 0 Å². The van der Waals surface area contributed by atoms with Gasteiger partial charge in [0.15, 0.2) is 0 Å². The van der Waals surface area contributed by atoms with E-state index < -0.39 is 0 Å². The molecule has 0 saturated carbocycles. The highest BCUT2D eigenvalue weighted by Gasteiger charge is 2.13. The maximum atomic E-state index is 12.5. The van der Waals surface area contributed by atoms with Crippen molar-refractivity contribution in [3.05, 3.63) is 92.1 Å². The highest BCUT2D eigenvalue weighted by Crippen LogP contribution is 2.20. The summed E-state index contributed by atoms with van der Waals surface area (Å²) in [6.07, 6.45) is 3.51. The molecule has 0 fully saturated rings. The van der Waals surface area contributed by atoms with Crippen LogP contribution in [0.4, 0.5) is 0 Å². The predicted octanol–water partition coefficient (Wildman–Crippen LogP) is 4.17. The lowest BCUT2D eigenvalue weighted by atomic mass is 10.3. The van der Waals surface area contributed by atoms with E-state index in [0.29, 0.717) is 18.7 Å². The van der Waals surface area contributed by atoms with Gasteiger partial charge in [0.2, 0.25) is 0 Å². The monoisotopic (exact) mass is 379 g/mol. The minimum Gasteiger partial charge on any atom is -0.468 e. The standard InChI is InChI=1S/C21H21N3O2S/c1-15-5-8-20-22-17(10-21(25)24(20)11-15)12-23(13-18-4-3-9-26-18)14-19-7-6-16(2)27-19/h3-11H,12-14H2,1-2H3. The molecule has 0 amide bonds. The minimum absolute atomic E-state index is 0.0522. The Bertz CT molecular complexity index is 1110. The normalized spacial score (nSPS) is 11.5. The van der Waals surface area contributed by atoms with Gasteiger partial charge in [-0.15, -0.1) is 11.3 Å². The van der Waals surface area contributed by atoms with Crippen LogP contribution in [0.2, 0.25) is 0 Å². The van der Waals surface area contributed by atoms with E-state index in [1.165, 1.54) is 9.75 Å². The molecule has 0 atom stereocenters. The predicted molar refractivity (Wildman–Crippen MR) is 107 cm³/mol. The lowest BCUT2D eigenvalue weighted by molar-refractivity contribution is 0.226. The van der Waals surface area contributed by atoms with Crippen molar-refractivity contribution >= 4 is 17.0 Å². The second kappa shape index (κ2) is 7.50. The van der Waals surface area contributed by atoms with Crippen LogP contribution in [0.1, 0.15) is 26.8 Å². The molecule has 138 valence electrons. The lowest BCUT2D eigenvalue weighted by Gasteiger charge is -2.20. The van der Waals surface area contributed by atoms with Gasteiger partial charge < -0.3 is 4.42 Å². The van der Waals surface area contributed by atoms with E-state index in [1.54, 1.807) is 28.1 Å². The minimum atomic E-state index is -0.0522. The van der Waals surface area contributed by atoms with Crippen molar-refractivity contribution in [1.29, 1.82) is 0 Å². The third-order valence-corrected chi connectivity index (χ3v) is 5.37. The number of furan rings is 1. The molecule has 0 N–H and O–H groups in total. The van der Waals surface area contributed by atoms with Crippen LogP contribution in [0.25, 0.3) is 5.65 Å². The van der Waals surface area contributed by atoms with Crippen molar-refractivity contribution in [2.75, 3.05) is 0 Å². The van der Waals surface area contributed by atoms with Gasteiger partial charge in [0.1, 0.15) is 11.4 Å². The molecule has 0 aliphatic carbocycles. The van der Waals surface area contributed by atoms with E-state index >= 15 is 0 Å². The Morgan fingerprint density at radius 1 is 1.11 bits per heavy atom. The molecule has 6 heteroatoms. The smallest absolute Gasteiger partial charge is 0.258 e. The van der Waals surface area contributed by atoms with Crippen LogP contribution < -0.4 is 5.56 Å². The van der Waals surface area contributed by atoms with Crippen molar-refractivity contribution in [3.63, 3.8) is 0 Å². The summed E-state index contributed by atoms with van der Waals surface area (Å²) in [5.41, 5.74) is 2.42. The summed E-state index contributed by atoms with van der Waals surface area (Å²) in [4.78, 5) is 22.0. The Kier molecular flexibility index (Phi) is 4.92. The summed E-state index contributed by atoms with van der Waals surface area (Å²) in [5.74, 6) is 0.899. The average Bonchev–Trinajstić information content (AvgIpc) is 3.27. The van der Waals surface area contributed by atoms with Gasteiger partial charge in [-0.2, -0.15) is 0 Å². The fourth-order valence-electron chi connectivity index (χ4n) is 3.15. The van der Waals surface area contributed by atoms with Gasteiger partial charge in [0, 0.05) is 35.1 Å². The number of aromatic nitrogens is 2. The third kappa shape index (κ3) is 4.18. The molecule has 0 radical (unpaired) electrons. The quantitative estimate of drug-likeness (QED) is 0.505. The molecule has 0 bridgehead atoms. The summed E-state index contributed by atoms with van der Waals surface area (Å²) < 4.78 is 7.12. The number of pyridine rings is 1. The molecule has 0 unspecified atom stereocenters. The van der Waals surface area contributed by atoms with E-state index in [4.69, 9.17) is 4.42 Å². The third-order valence-electron chi connectivity index (χ3n) is 4.38. The van der Waals surface area contributed by atoms with Crippen molar-refractivity contribution in [3.8, 4) is 0 Å². The van der Waals surface area contributed by atoms with Crippen LogP contribution >= 0.6 is 11.3 Å². The Morgan fingerprint density at radius 3 is 2.74 bits per heavy atom. The Labute approximate surface area is 161 Å². The fourth-order valence-corrected chi connectivity index (χ4v) is 4.08. The number of rotatable bonds is 6. The zero-order valence-corrected chi connectivity index (χ0v) is 16.2. The molecule has 4 heterocycles. The molecule has 0 saturated heterocycles. The van der Waals surface area contributed by atoms with Crippen LogP contribution in [0, 0.1) is 13.8 Å². The van der Waals surface area contributed by atoms with Gasteiger partial charge in [-0.1, -0.05) is 6.07 Å². The molecule has 27 heavy (non-hydrogen) atoms. The first-order valence-electron chi connectivity index (χ1n) is 8.86. The average molecular weight is 379 g/mol. The first kappa shape index (κ1) is 17.7. The Balaban J connectivity index is 1.63. The molecule has 4 rings (SSSR count).